The minimum atomic E-state index is -0.698. The molecule has 0 aliphatic heterocycles. The number of unbranched alkanes of at least 4 members (excludes halogenated alkanes) is 3. The Labute approximate surface area is 149 Å². The van der Waals surface area contributed by atoms with Crippen molar-refractivity contribution in [3.05, 3.63) is 48.6 Å². The third kappa shape index (κ3) is 15.3. The van der Waals surface area contributed by atoms with Crippen molar-refractivity contribution in [3.8, 4) is 0 Å². The minimum absolute atomic E-state index is 0.276. The van der Waals surface area contributed by atoms with E-state index in [2.05, 4.69) is 69.4 Å². The first-order valence-electron chi connectivity index (χ1n) is 9.44. The Morgan fingerprint density at radius 2 is 1.71 bits per heavy atom. The highest BCUT2D eigenvalue weighted by Crippen LogP contribution is 2.19. The van der Waals surface area contributed by atoms with E-state index in [4.69, 9.17) is 5.11 Å². The number of carbonyl (C=O) groups is 1. The van der Waals surface area contributed by atoms with Crippen LogP contribution in [0.4, 0.5) is 0 Å². The molecule has 2 atom stereocenters. The summed E-state index contributed by atoms with van der Waals surface area (Å²) in [6.45, 7) is 6.61. The van der Waals surface area contributed by atoms with E-state index in [1.807, 2.05) is 0 Å². The van der Waals surface area contributed by atoms with Gasteiger partial charge in [0.15, 0.2) is 0 Å². The first-order chi connectivity index (χ1) is 11.6. The van der Waals surface area contributed by atoms with E-state index in [-0.39, 0.29) is 6.42 Å². The summed E-state index contributed by atoms with van der Waals surface area (Å²) in [5, 5.41) is 8.66. The predicted octanol–water partition coefficient (Wildman–Crippen LogP) is 6.71. The number of carboxylic acid groups (broad SMARTS) is 1. The van der Waals surface area contributed by atoms with E-state index in [1.54, 1.807) is 0 Å². The summed E-state index contributed by atoms with van der Waals surface area (Å²) < 4.78 is 0. The van der Waals surface area contributed by atoms with E-state index in [0.717, 1.165) is 19.3 Å². The van der Waals surface area contributed by atoms with Crippen molar-refractivity contribution >= 4 is 5.97 Å². The molecule has 0 saturated carbocycles. The van der Waals surface area contributed by atoms with Gasteiger partial charge in [-0.05, 0) is 43.9 Å². The number of aliphatic carboxylic acids is 1. The fraction of sp³-hybridized carbons (Fsp3) is 0.591. The molecule has 0 bridgehead atoms. The fourth-order valence-corrected chi connectivity index (χ4v) is 2.36. The van der Waals surface area contributed by atoms with Crippen LogP contribution in [0, 0.1) is 11.8 Å². The summed E-state index contributed by atoms with van der Waals surface area (Å²) in [4.78, 5) is 10.5. The van der Waals surface area contributed by atoms with Gasteiger partial charge in [-0.15, -0.1) is 0 Å². The maximum Gasteiger partial charge on any atom is 0.303 e. The van der Waals surface area contributed by atoms with Gasteiger partial charge in [-0.3, -0.25) is 4.79 Å². The van der Waals surface area contributed by atoms with Crippen molar-refractivity contribution in [2.75, 3.05) is 0 Å². The smallest absolute Gasteiger partial charge is 0.303 e. The van der Waals surface area contributed by atoms with Gasteiger partial charge < -0.3 is 5.11 Å². The summed E-state index contributed by atoms with van der Waals surface area (Å²) in [5.41, 5.74) is 0. The Bertz CT molecular complexity index is 416. The zero-order valence-corrected chi connectivity index (χ0v) is 15.8. The third-order valence-electron chi connectivity index (χ3n) is 4.24. The summed E-state index contributed by atoms with van der Waals surface area (Å²) in [6, 6.07) is 0. The third-order valence-corrected chi connectivity index (χ3v) is 4.24. The summed E-state index contributed by atoms with van der Waals surface area (Å²) in [6.07, 6.45) is 25.3. The van der Waals surface area contributed by atoms with Crippen LogP contribution in [0.3, 0.4) is 0 Å². The van der Waals surface area contributed by atoms with Crippen LogP contribution in [0.25, 0.3) is 0 Å². The van der Waals surface area contributed by atoms with Crippen LogP contribution in [-0.2, 0) is 4.79 Å². The molecule has 0 saturated heterocycles. The fourth-order valence-electron chi connectivity index (χ4n) is 2.36. The van der Waals surface area contributed by atoms with Gasteiger partial charge in [0.25, 0.3) is 0 Å². The molecule has 0 heterocycles. The standard InChI is InChI=1S/C22H36O2/c1-4-5-6-7-8-9-10-11-12-13-14-15-17-20(2)21(3)18-16-19-22(23)24/h8-9,11-15,17,20-21H,4-7,10,16,18-19H2,1-3H3,(H,23,24)/b9-8-,12-11-,14-13+,17-15+/t20-,21-/m0/s1. The molecule has 24 heavy (non-hydrogen) atoms. The van der Waals surface area contributed by atoms with Gasteiger partial charge in [-0.25, -0.2) is 0 Å². The first-order valence-corrected chi connectivity index (χ1v) is 9.44. The Hall–Kier alpha value is -1.57. The monoisotopic (exact) mass is 332 g/mol. The van der Waals surface area contributed by atoms with Crippen LogP contribution < -0.4 is 0 Å². The van der Waals surface area contributed by atoms with Crippen molar-refractivity contribution in [2.24, 2.45) is 11.8 Å². The van der Waals surface area contributed by atoms with Crippen LogP contribution in [0.15, 0.2) is 48.6 Å². The quantitative estimate of drug-likeness (QED) is 0.218. The summed E-state index contributed by atoms with van der Waals surface area (Å²) >= 11 is 0. The molecule has 0 aliphatic rings. The zero-order valence-electron chi connectivity index (χ0n) is 15.8. The molecule has 2 heteroatoms. The predicted molar refractivity (Wildman–Crippen MR) is 105 cm³/mol. The number of rotatable bonds is 14. The molecule has 0 aromatic carbocycles. The van der Waals surface area contributed by atoms with Crippen molar-refractivity contribution in [3.63, 3.8) is 0 Å². The molecule has 0 aliphatic carbocycles. The minimum Gasteiger partial charge on any atom is -0.481 e. The van der Waals surface area contributed by atoms with E-state index >= 15 is 0 Å². The lowest BCUT2D eigenvalue weighted by Gasteiger charge is -2.15. The van der Waals surface area contributed by atoms with Gasteiger partial charge in [0.1, 0.15) is 0 Å². The zero-order chi connectivity index (χ0) is 18.0. The molecule has 136 valence electrons. The second-order valence-electron chi connectivity index (χ2n) is 6.52. The maximum atomic E-state index is 10.5. The molecule has 0 rings (SSSR count). The van der Waals surface area contributed by atoms with Gasteiger partial charge in [0.2, 0.25) is 0 Å². The van der Waals surface area contributed by atoms with E-state index in [9.17, 15) is 4.79 Å². The second kappa shape index (κ2) is 16.3. The Kier molecular flexibility index (Phi) is 15.2. The Morgan fingerprint density at radius 3 is 2.42 bits per heavy atom. The molecule has 1 N–H and O–H groups in total. The van der Waals surface area contributed by atoms with Crippen molar-refractivity contribution in [1.82, 2.24) is 0 Å². The molecular weight excluding hydrogens is 296 g/mol. The molecule has 0 amide bonds. The van der Waals surface area contributed by atoms with Crippen LogP contribution >= 0.6 is 0 Å². The van der Waals surface area contributed by atoms with Crippen LogP contribution in [0.5, 0.6) is 0 Å². The number of carboxylic acids is 1. The molecule has 0 fully saturated rings. The molecule has 0 aromatic rings. The highest BCUT2D eigenvalue weighted by Gasteiger charge is 2.09. The number of hydrogen-bond donors (Lipinski definition) is 1. The van der Waals surface area contributed by atoms with Crippen molar-refractivity contribution < 1.29 is 9.90 Å². The van der Waals surface area contributed by atoms with Crippen LogP contribution in [0.1, 0.15) is 72.1 Å². The number of allylic oxidation sites excluding steroid dienone is 8. The maximum absolute atomic E-state index is 10.5. The first kappa shape index (κ1) is 22.4. The normalized spacial score (nSPS) is 15.1. The van der Waals surface area contributed by atoms with Gasteiger partial charge >= 0.3 is 5.97 Å². The van der Waals surface area contributed by atoms with E-state index < -0.39 is 5.97 Å². The average molecular weight is 333 g/mol. The largest absolute Gasteiger partial charge is 0.481 e. The van der Waals surface area contributed by atoms with E-state index in [0.29, 0.717) is 11.8 Å². The lowest BCUT2D eigenvalue weighted by Crippen LogP contribution is -2.06. The van der Waals surface area contributed by atoms with Gasteiger partial charge in [0.05, 0.1) is 0 Å². The lowest BCUT2D eigenvalue weighted by atomic mass is 9.90. The molecule has 0 spiro atoms. The van der Waals surface area contributed by atoms with Crippen molar-refractivity contribution in [1.29, 1.82) is 0 Å². The van der Waals surface area contributed by atoms with Gasteiger partial charge in [-0.2, -0.15) is 0 Å². The molecule has 0 aromatic heterocycles. The molecule has 0 unspecified atom stereocenters. The number of hydrogen-bond acceptors (Lipinski definition) is 1. The van der Waals surface area contributed by atoms with Crippen molar-refractivity contribution in [2.45, 2.75) is 72.1 Å². The topological polar surface area (TPSA) is 37.3 Å². The lowest BCUT2D eigenvalue weighted by molar-refractivity contribution is -0.137. The Balaban J connectivity index is 3.81. The van der Waals surface area contributed by atoms with E-state index in [1.165, 1.54) is 25.7 Å². The highest BCUT2D eigenvalue weighted by atomic mass is 16.4. The average Bonchev–Trinajstić information content (AvgIpc) is 2.55. The molecular formula is C22H36O2. The second-order valence-corrected chi connectivity index (χ2v) is 6.52. The van der Waals surface area contributed by atoms with Crippen LogP contribution in [0.2, 0.25) is 0 Å². The summed E-state index contributed by atoms with van der Waals surface area (Å²) in [7, 11) is 0. The molecule has 2 nitrogen and oxygen atoms in total. The molecule has 0 radical (unpaired) electrons. The van der Waals surface area contributed by atoms with Gasteiger partial charge in [-0.1, -0.05) is 82.2 Å². The summed E-state index contributed by atoms with van der Waals surface area (Å²) in [5.74, 6) is 0.289. The van der Waals surface area contributed by atoms with Crippen LogP contribution in [-0.4, -0.2) is 11.1 Å². The highest BCUT2D eigenvalue weighted by molar-refractivity contribution is 5.66. The SMILES string of the molecule is CCCCC/C=C\C\C=C/C=C/C=C/[C@H](C)[C@@H](C)CCCC(=O)O. The van der Waals surface area contributed by atoms with Gasteiger partial charge in [0, 0.05) is 6.42 Å². The Morgan fingerprint density at radius 1 is 0.958 bits per heavy atom.